The fraction of sp³-hybridized carbons (Fsp3) is 0.833. The molecule has 0 atom stereocenters. The summed E-state index contributed by atoms with van der Waals surface area (Å²) in [6.45, 7) is -3.58. The third-order valence-corrected chi connectivity index (χ3v) is 0.239. The standard InChI is InChI=1S/C6H12O/c1-2-3-4-5-6-7/h6H,2-5H2,1H3/i1D3,2D2,3D2,4D2,5D2,6D. The lowest BCUT2D eigenvalue weighted by Gasteiger charge is -1.85. The van der Waals surface area contributed by atoms with Crippen molar-refractivity contribution in [2.75, 3.05) is 0 Å². The highest BCUT2D eigenvalue weighted by atomic mass is 16.1. The second-order valence-electron chi connectivity index (χ2n) is 0.602. The highest BCUT2D eigenvalue weighted by Gasteiger charge is 1.80. The molecule has 0 N–H and O–H groups in total. The second-order valence-corrected chi connectivity index (χ2v) is 0.602. The first kappa shape index (κ1) is 0.687. The quantitative estimate of drug-likeness (QED) is 0.506. The Morgan fingerprint density at radius 2 is 2.86 bits per heavy atom. The van der Waals surface area contributed by atoms with Crippen molar-refractivity contribution in [1.29, 1.82) is 0 Å². The van der Waals surface area contributed by atoms with Crippen molar-refractivity contribution in [3.05, 3.63) is 0 Å². The summed E-state index contributed by atoms with van der Waals surface area (Å²) in [5.74, 6) is 0. The molecule has 0 bridgehead atoms. The van der Waals surface area contributed by atoms with E-state index in [4.69, 9.17) is 16.4 Å². The third-order valence-electron chi connectivity index (χ3n) is 0.239. The normalized spacial score (nSPS) is 44.0. The van der Waals surface area contributed by atoms with Gasteiger partial charge in [0.2, 0.25) is 0 Å². The average Bonchev–Trinajstić information content (AvgIpc) is 2.14. The van der Waals surface area contributed by atoms with E-state index in [-0.39, 0.29) is 0 Å². The molecule has 0 radical (unpaired) electrons. The minimum atomic E-state index is -3.87. The molecular weight excluding hydrogens is 88.1 g/mol. The second kappa shape index (κ2) is 5.67. The topological polar surface area (TPSA) is 17.1 Å². The summed E-state index contributed by atoms with van der Waals surface area (Å²) in [6.07, 6.45) is -17.3. The minimum Gasteiger partial charge on any atom is -0.303 e. The van der Waals surface area contributed by atoms with Crippen LogP contribution in [-0.4, -0.2) is 6.26 Å². The molecule has 0 amide bonds. The van der Waals surface area contributed by atoms with E-state index < -0.39 is 38.6 Å². The van der Waals surface area contributed by atoms with Gasteiger partial charge in [-0.1, -0.05) is 19.6 Å². The fourth-order valence-corrected chi connectivity index (χ4v) is 0.0880. The maximum Gasteiger partial charge on any atom is 0.119 e. The lowest BCUT2D eigenvalue weighted by Crippen LogP contribution is -1.73. The van der Waals surface area contributed by atoms with Gasteiger partial charge in [0.25, 0.3) is 0 Å². The van der Waals surface area contributed by atoms with Crippen LogP contribution in [-0.2, 0) is 4.79 Å². The average molecular weight is 112 g/mol. The van der Waals surface area contributed by atoms with E-state index >= 15 is 0 Å². The van der Waals surface area contributed by atoms with Gasteiger partial charge < -0.3 is 4.79 Å². The van der Waals surface area contributed by atoms with Crippen molar-refractivity contribution < 1.29 is 21.2 Å². The molecule has 0 heterocycles. The van der Waals surface area contributed by atoms with Gasteiger partial charge >= 0.3 is 0 Å². The molecule has 0 fully saturated rings. The van der Waals surface area contributed by atoms with E-state index in [0.29, 0.717) is 0 Å². The summed E-state index contributed by atoms with van der Waals surface area (Å²) in [6, 6.07) is 0. The van der Waals surface area contributed by atoms with Crippen LogP contribution in [0.3, 0.4) is 0 Å². The Kier molecular flexibility index (Phi) is 0.556. The molecule has 0 aromatic rings. The number of aldehydes is 1. The highest BCUT2D eigenvalue weighted by molar-refractivity contribution is 5.48. The van der Waals surface area contributed by atoms with Crippen LogP contribution in [0.2, 0.25) is 0 Å². The molecule has 7 heavy (non-hydrogen) atoms. The van der Waals surface area contributed by atoms with Crippen LogP contribution < -0.4 is 0 Å². The van der Waals surface area contributed by atoms with Gasteiger partial charge in [0.05, 0.1) is 0 Å². The Balaban J connectivity index is 5.99. The summed E-state index contributed by atoms with van der Waals surface area (Å²) in [7, 11) is 0. The molecule has 0 aromatic carbocycles. The molecule has 1 heteroatoms. The van der Waals surface area contributed by atoms with Crippen molar-refractivity contribution in [3.8, 4) is 0 Å². The smallest absolute Gasteiger partial charge is 0.119 e. The predicted octanol–water partition coefficient (Wildman–Crippen LogP) is 1.77. The summed E-state index contributed by atoms with van der Waals surface area (Å²) >= 11 is 0. The monoisotopic (exact) mass is 112 g/mol. The highest BCUT2D eigenvalue weighted by Crippen LogP contribution is 1.94. The zero-order valence-corrected chi connectivity index (χ0v) is 3.41. The van der Waals surface area contributed by atoms with Crippen molar-refractivity contribution in [1.82, 2.24) is 0 Å². The van der Waals surface area contributed by atoms with Crippen molar-refractivity contribution >= 4 is 6.26 Å². The number of carbonyl (C=O) groups is 1. The van der Waals surface area contributed by atoms with E-state index in [1.807, 2.05) is 0 Å². The molecule has 0 unspecified atom stereocenters. The van der Waals surface area contributed by atoms with Crippen LogP contribution >= 0.6 is 0 Å². The molecule has 0 saturated heterocycles. The number of rotatable bonds is 4. The zero-order chi connectivity index (χ0) is 16.1. The lowest BCUT2D eigenvalue weighted by atomic mass is 10.2. The van der Waals surface area contributed by atoms with Crippen LogP contribution in [0.1, 0.15) is 48.8 Å². The van der Waals surface area contributed by atoms with E-state index in [1.54, 1.807) is 0 Å². The van der Waals surface area contributed by atoms with E-state index in [9.17, 15) is 4.79 Å². The third kappa shape index (κ3) is 5.67. The van der Waals surface area contributed by atoms with E-state index in [0.717, 1.165) is 0 Å². The van der Waals surface area contributed by atoms with Gasteiger partial charge in [-0.05, 0) is 6.37 Å². The number of hydrogen-bond donors (Lipinski definition) is 0. The van der Waals surface area contributed by atoms with Gasteiger partial charge in [-0.15, -0.1) is 0 Å². The molecule has 42 valence electrons. The van der Waals surface area contributed by atoms with Crippen molar-refractivity contribution in [3.63, 3.8) is 0 Å². The largest absolute Gasteiger partial charge is 0.303 e. The number of hydrogen-bond acceptors (Lipinski definition) is 1. The molecule has 0 aromatic heterocycles. The number of carbonyl (C=O) groups excluding carboxylic acids is 1. The molecule has 0 saturated carbocycles. The van der Waals surface area contributed by atoms with Gasteiger partial charge in [0.15, 0.2) is 0 Å². The van der Waals surface area contributed by atoms with Crippen LogP contribution in [0.5, 0.6) is 0 Å². The minimum absolute atomic E-state index is 2.11. The Bertz CT molecular complexity index is 365. The summed E-state index contributed by atoms with van der Waals surface area (Å²) in [4.78, 5) is 10.8. The molecule has 0 spiro atoms. The summed E-state index contributed by atoms with van der Waals surface area (Å²) in [5, 5.41) is 0. The Morgan fingerprint density at radius 1 is 2.00 bits per heavy atom. The molecule has 0 aliphatic heterocycles. The van der Waals surface area contributed by atoms with Crippen LogP contribution in [0.25, 0.3) is 0 Å². The summed E-state index contributed by atoms with van der Waals surface area (Å²) in [5.41, 5.74) is 0. The van der Waals surface area contributed by atoms with Gasteiger partial charge in [-0.2, -0.15) is 0 Å². The van der Waals surface area contributed by atoms with Gasteiger partial charge in [-0.3, -0.25) is 0 Å². The first-order chi connectivity index (χ1) is 7.94. The predicted molar refractivity (Wildman–Crippen MR) is 30.2 cm³/mol. The molecule has 0 aliphatic carbocycles. The van der Waals surface area contributed by atoms with Gasteiger partial charge in [0, 0.05) is 21.5 Å². The van der Waals surface area contributed by atoms with E-state index in [1.165, 1.54) is 0 Å². The fourth-order valence-electron chi connectivity index (χ4n) is 0.0880. The molecule has 0 aliphatic rings. The van der Waals surface area contributed by atoms with Crippen LogP contribution in [0.15, 0.2) is 0 Å². The Morgan fingerprint density at radius 3 is 3.43 bits per heavy atom. The van der Waals surface area contributed by atoms with Crippen molar-refractivity contribution in [2.45, 2.75) is 32.3 Å². The van der Waals surface area contributed by atoms with Crippen molar-refractivity contribution in [2.24, 2.45) is 0 Å². The van der Waals surface area contributed by atoms with Gasteiger partial charge in [-0.25, -0.2) is 0 Å². The maximum atomic E-state index is 10.8. The lowest BCUT2D eigenvalue weighted by molar-refractivity contribution is -0.107. The first-order valence-corrected chi connectivity index (χ1v) is 1.45. The molecule has 0 rings (SSSR count). The van der Waals surface area contributed by atoms with Crippen LogP contribution in [0, 0.1) is 0 Å². The van der Waals surface area contributed by atoms with Crippen LogP contribution in [0.4, 0.5) is 0 Å². The molecular formula is C6H12O. The Labute approximate surface area is 61.6 Å². The SMILES string of the molecule is [2H]C(=O)C([2H])([2H])C([2H])([2H])C([2H])([2H])C([2H])([2H])C([2H])([2H])[2H]. The zero-order valence-electron chi connectivity index (χ0n) is 15.4. The first-order valence-electron chi connectivity index (χ1n) is 7.45. The molecule has 1 nitrogen and oxygen atoms in total. The van der Waals surface area contributed by atoms with E-state index in [2.05, 4.69) is 0 Å². The van der Waals surface area contributed by atoms with Gasteiger partial charge in [0.1, 0.15) is 7.63 Å². The maximum absolute atomic E-state index is 10.8. The summed E-state index contributed by atoms with van der Waals surface area (Å²) < 4.78 is 85.0. The Hall–Kier alpha value is -0.330.